The second-order valence-electron chi connectivity index (χ2n) is 10.2. The predicted octanol–water partition coefficient (Wildman–Crippen LogP) is 5.27. The van der Waals surface area contributed by atoms with Crippen molar-refractivity contribution < 1.29 is 24.2 Å². The fourth-order valence-corrected chi connectivity index (χ4v) is 5.69. The molecule has 1 aliphatic heterocycles. The van der Waals surface area contributed by atoms with Gasteiger partial charge in [0, 0.05) is 38.2 Å². The SMILES string of the molecule is COC[C@H]1C[C@@H](Oc2ccccc2)CN1Cc1ccc(C(=O)N[C@@H](CCSC)C(=O)O)c(-c2ccccc2C)c1. The Bertz CT molecular complexity index is 1290. The Morgan fingerprint density at radius 2 is 1.82 bits per heavy atom. The molecular weight excluding hydrogens is 524 g/mol. The lowest BCUT2D eigenvalue weighted by molar-refractivity contribution is -0.139. The average molecular weight is 563 g/mol. The minimum Gasteiger partial charge on any atom is -0.489 e. The van der Waals surface area contributed by atoms with Crippen LogP contribution in [0.2, 0.25) is 0 Å². The number of likely N-dealkylation sites (tertiary alicyclic amines) is 1. The zero-order valence-electron chi connectivity index (χ0n) is 23.3. The van der Waals surface area contributed by atoms with Crippen molar-refractivity contribution >= 4 is 23.6 Å². The number of benzene rings is 3. The summed E-state index contributed by atoms with van der Waals surface area (Å²) in [6, 6.07) is 22.9. The van der Waals surface area contributed by atoms with Crippen molar-refractivity contribution in [1.29, 1.82) is 0 Å². The van der Waals surface area contributed by atoms with Crippen LogP contribution in [-0.2, 0) is 16.1 Å². The summed E-state index contributed by atoms with van der Waals surface area (Å²) < 4.78 is 11.8. The molecule has 8 heteroatoms. The van der Waals surface area contributed by atoms with Crippen LogP contribution in [-0.4, -0.2) is 72.3 Å². The Kier molecular flexibility index (Phi) is 10.6. The highest BCUT2D eigenvalue weighted by Crippen LogP contribution is 2.31. The van der Waals surface area contributed by atoms with Gasteiger partial charge in [-0.2, -0.15) is 11.8 Å². The van der Waals surface area contributed by atoms with Crippen LogP contribution in [0.3, 0.4) is 0 Å². The highest BCUT2D eigenvalue weighted by atomic mass is 32.2. The molecule has 0 aliphatic carbocycles. The molecule has 0 unspecified atom stereocenters. The van der Waals surface area contributed by atoms with E-state index in [2.05, 4.69) is 16.3 Å². The normalized spacial score (nSPS) is 17.9. The molecule has 4 rings (SSSR count). The summed E-state index contributed by atoms with van der Waals surface area (Å²) in [5.74, 6) is 0.101. The largest absolute Gasteiger partial charge is 0.489 e. The molecule has 3 aromatic carbocycles. The highest BCUT2D eigenvalue weighted by Gasteiger charge is 2.33. The first-order valence-corrected chi connectivity index (χ1v) is 14.9. The maximum Gasteiger partial charge on any atom is 0.326 e. The summed E-state index contributed by atoms with van der Waals surface area (Å²) in [6.07, 6.45) is 3.20. The van der Waals surface area contributed by atoms with Gasteiger partial charge in [-0.15, -0.1) is 0 Å². The predicted molar refractivity (Wildman–Crippen MR) is 160 cm³/mol. The van der Waals surface area contributed by atoms with Crippen LogP contribution < -0.4 is 10.1 Å². The fourth-order valence-electron chi connectivity index (χ4n) is 5.22. The number of carbonyl (C=O) groups excluding carboxylic acids is 1. The number of aliphatic carboxylic acids is 1. The summed E-state index contributed by atoms with van der Waals surface area (Å²) in [4.78, 5) is 27.6. The number of aryl methyl sites for hydroxylation is 1. The van der Waals surface area contributed by atoms with Crippen LogP contribution in [0, 0.1) is 6.92 Å². The number of hydrogen-bond donors (Lipinski definition) is 2. The summed E-state index contributed by atoms with van der Waals surface area (Å²) in [6.45, 7) is 4.06. The molecule has 1 aliphatic rings. The van der Waals surface area contributed by atoms with Gasteiger partial charge in [-0.25, -0.2) is 4.79 Å². The quantitative estimate of drug-likeness (QED) is 0.294. The molecule has 0 spiro atoms. The smallest absolute Gasteiger partial charge is 0.326 e. The fraction of sp³-hybridized carbons (Fsp3) is 0.375. The van der Waals surface area contributed by atoms with Gasteiger partial charge in [-0.3, -0.25) is 9.69 Å². The molecule has 1 saturated heterocycles. The van der Waals surface area contributed by atoms with Gasteiger partial charge in [0.15, 0.2) is 0 Å². The Balaban J connectivity index is 1.59. The third-order valence-corrected chi connectivity index (χ3v) is 7.90. The number of thioether (sulfide) groups is 1. The number of hydrogen-bond acceptors (Lipinski definition) is 6. The second-order valence-corrected chi connectivity index (χ2v) is 11.2. The van der Waals surface area contributed by atoms with Crippen LogP contribution in [0.5, 0.6) is 5.75 Å². The maximum atomic E-state index is 13.4. The van der Waals surface area contributed by atoms with Crippen molar-refractivity contribution in [2.45, 2.75) is 44.5 Å². The van der Waals surface area contributed by atoms with E-state index >= 15 is 0 Å². The summed E-state index contributed by atoms with van der Waals surface area (Å²) >= 11 is 1.56. The minimum atomic E-state index is -1.03. The van der Waals surface area contributed by atoms with Crippen molar-refractivity contribution in [1.82, 2.24) is 10.2 Å². The number of carboxylic acid groups (broad SMARTS) is 1. The van der Waals surface area contributed by atoms with E-state index in [9.17, 15) is 14.7 Å². The van der Waals surface area contributed by atoms with E-state index in [1.807, 2.05) is 79.9 Å². The van der Waals surface area contributed by atoms with Crippen LogP contribution in [0.15, 0.2) is 72.8 Å². The lowest BCUT2D eigenvalue weighted by Gasteiger charge is -2.24. The summed E-state index contributed by atoms with van der Waals surface area (Å²) in [7, 11) is 1.72. The third-order valence-electron chi connectivity index (χ3n) is 7.26. The molecule has 1 fully saturated rings. The lowest BCUT2D eigenvalue weighted by atomic mass is 9.93. The Morgan fingerprint density at radius 1 is 1.07 bits per heavy atom. The summed E-state index contributed by atoms with van der Waals surface area (Å²) in [5, 5.41) is 12.4. The van der Waals surface area contributed by atoms with Crippen LogP contribution in [0.4, 0.5) is 0 Å². The van der Waals surface area contributed by atoms with Gasteiger partial charge in [-0.1, -0.05) is 48.5 Å². The molecule has 3 atom stereocenters. The van der Waals surface area contributed by atoms with Crippen molar-refractivity contribution in [2.24, 2.45) is 0 Å². The van der Waals surface area contributed by atoms with Crippen molar-refractivity contribution in [3.8, 4) is 16.9 Å². The van der Waals surface area contributed by atoms with Crippen LogP contribution in [0.25, 0.3) is 11.1 Å². The number of rotatable bonds is 13. The molecule has 2 N–H and O–H groups in total. The lowest BCUT2D eigenvalue weighted by Crippen LogP contribution is -2.41. The molecular formula is C32H38N2O5S. The molecule has 3 aromatic rings. The van der Waals surface area contributed by atoms with E-state index in [-0.39, 0.29) is 18.1 Å². The topological polar surface area (TPSA) is 88.1 Å². The van der Waals surface area contributed by atoms with Gasteiger partial charge >= 0.3 is 5.97 Å². The minimum absolute atomic E-state index is 0.0534. The van der Waals surface area contributed by atoms with Gasteiger partial charge < -0.3 is 19.9 Å². The zero-order chi connectivity index (χ0) is 28.5. The first kappa shape index (κ1) is 29.6. The Morgan fingerprint density at radius 3 is 2.52 bits per heavy atom. The number of carboxylic acids is 1. The van der Waals surface area contributed by atoms with Crippen molar-refractivity contribution in [2.75, 3.05) is 32.3 Å². The van der Waals surface area contributed by atoms with E-state index < -0.39 is 12.0 Å². The molecule has 7 nitrogen and oxygen atoms in total. The highest BCUT2D eigenvalue weighted by molar-refractivity contribution is 7.98. The first-order chi connectivity index (χ1) is 19.4. The average Bonchev–Trinajstić information content (AvgIpc) is 3.31. The number of nitrogens with one attached hydrogen (secondary N) is 1. The standard InChI is InChI=1S/C32H38N2O5S/c1-22-9-7-8-12-27(22)29-17-23(13-14-28(29)31(35)33-30(32(36)37)15-16-40-3)19-34-20-26(18-24(34)21-38-2)39-25-10-5-4-6-11-25/h4-14,17,24,26,30H,15-16,18-21H2,1-3H3,(H,33,35)(H,36,37)/t24-,26-,30+/m1/s1. The van der Waals surface area contributed by atoms with E-state index in [1.165, 1.54) is 0 Å². The number of para-hydroxylation sites is 1. The van der Waals surface area contributed by atoms with Crippen LogP contribution in [0.1, 0.15) is 34.3 Å². The molecule has 0 aromatic heterocycles. The van der Waals surface area contributed by atoms with Gasteiger partial charge in [0.25, 0.3) is 5.91 Å². The van der Waals surface area contributed by atoms with E-state index in [4.69, 9.17) is 9.47 Å². The molecule has 1 heterocycles. The molecule has 0 bridgehead atoms. The maximum absolute atomic E-state index is 13.4. The van der Waals surface area contributed by atoms with Gasteiger partial charge in [0.05, 0.1) is 6.61 Å². The molecule has 1 amide bonds. The second kappa shape index (κ2) is 14.3. The Labute approximate surface area is 240 Å². The number of amides is 1. The molecule has 0 saturated carbocycles. The molecule has 0 radical (unpaired) electrons. The number of methoxy groups -OCH3 is 1. The summed E-state index contributed by atoms with van der Waals surface area (Å²) in [5.41, 5.74) is 4.31. The molecule has 40 heavy (non-hydrogen) atoms. The molecule has 212 valence electrons. The van der Waals surface area contributed by atoms with E-state index in [0.29, 0.717) is 30.9 Å². The van der Waals surface area contributed by atoms with E-state index in [1.54, 1.807) is 18.9 Å². The van der Waals surface area contributed by atoms with Crippen molar-refractivity contribution in [3.63, 3.8) is 0 Å². The third kappa shape index (κ3) is 7.65. The number of ether oxygens (including phenoxy) is 2. The van der Waals surface area contributed by atoms with Gasteiger partial charge in [0.1, 0.15) is 17.9 Å². The monoisotopic (exact) mass is 562 g/mol. The van der Waals surface area contributed by atoms with E-state index in [0.717, 1.165) is 41.0 Å². The number of carbonyl (C=O) groups is 2. The first-order valence-electron chi connectivity index (χ1n) is 13.6. The zero-order valence-corrected chi connectivity index (χ0v) is 24.2. The van der Waals surface area contributed by atoms with Gasteiger partial charge in [0.2, 0.25) is 0 Å². The van der Waals surface area contributed by atoms with Gasteiger partial charge in [-0.05, 0) is 71.9 Å². The van der Waals surface area contributed by atoms with Crippen molar-refractivity contribution in [3.05, 3.63) is 89.5 Å². The number of nitrogens with zero attached hydrogens (tertiary/aromatic N) is 1. The van der Waals surface area contributed by atoms with Crippen LogP contribution >= 0.6 is 11.8 Å². The Hall–Kier alpha value is -3.33.